The fourth-order valence-electron chi connectivity index (χ4n) is 1.72. The summed E-state index contributed by atoms with van der Waals surface area (Å²) in [7, 11) is 1.98. The van der Waals surface area contributed by atoms with Crippen molar-refractivity contribution in [3.8, 4) is 6.07 Å². The molecule has 0 aliphatic heterocycles. The number of hydrogen-bond acceptors (Lipinski definition) is 5. The molecule has 1 aromatic heterocycles. The summed E-state index contributed by atoms with van der Waals surface area (Å²) in [6.45, 7) is 1.01. The van der Waals surface area contributed by atoms with Gasteiger partial charge in [0.15, 0.2) is 0 Å². The van der Waals surface area contributed by atoms with E-state index in [1.807, 2.05) is 42.3 Å². The molecule has 0 saturated heterocycles. The second-order valence-corrected chi connectivity index (χ2v) is 4.11. The second kappa shape index (κ2) is 6.36. The maximum absolute atomic E-state index is 8.53. The summed E-state index contributed by atoms with van der Waals surface area (Å²) in [4.78, 5) is 10.3. The Balaban J connectivity index is 2.06. The molecule has 2 aromatic rings. The van der Waals surface area contributed by atoms with Crippen LogP contribution in [0.1, 0.15) is 5.56 Å². The first kappa shape index (κ1) is 12.8. The Morgan fingerprint density at radius 3 is 2.79 bits per heavy atom. The van der Waals surface area contributed by atoms with Gasteiger partial charge in [0.05, 0.1) is 6.07 Å². The van der Waals surface area contributed by atoms with Crippen LogP contribution >= 0.6 is 0 Å². The predicted molar refractivity (Wildman–Crippen MR) is 74.7 cm³/mol. The molecular weight excluding hydrogens is 238 g/mol. The Kier molecular flexibility index (Phi) is 4.29. The molecule has 0 aliphatic rings. The highest BCUT2D eigenvalue weighted by atomic mass is 15.2. The molecule has 0 saturated carbocycles. The van der Waals surface area contributed by atoms with Crippen LogP contribution in [0.2, 0.25) is 0 Å². The zero-order valence-corrected chi connectivity index (χ0v) is 10.7. The molecule has 0 amide bonds. The molecule has 0 bridgehead atoms. The van der Waals surface area contributed by atoms with Gasteiger partial charge in [-0.05, 0) is 5.56 Å². The van der Waals surface area contributed by atoms with Gasteiger partial charge in [0.25, 0.3) is 0 Å². The number of nitrogens with zero attached hydrogens (tertiary/aromatic N) is 4. The monoisotopic (exact) mass is 253 g/mol. The lowest BCUT2D eigenvalue weighted by atomic mass is 10.2. The number of nitrogens with one attached hydrogen (secondary N) is 1. The summed E-state index contributed by atoms with van der Waals surface area (Å²) >= 11 is 0. The van der Waals surface area contributed by atoms with Gasteiger partial charge in [-0.1, -0.05) is 30.3 Å². The van der Waals surface area contributed by atoms with E-state index in [9.17, 15) is 0 Å². The molecule has 96 valence electrons. The van der Waals surface area contributed by atoms with Crippen LogP contribution in [0.15, 0.2) is 42.7 Å². The Morgan fingerprint density at radius 1 is 1.26 bits per heavy atom. The lowest BCUT2D eigenvalue weighted by Crippen LogP contribution is -2.18. The molecule has 0 atom stereocenters. The van der Waals surface area contributed by atoms with Crippen LogP contribution < -0.4 is 10.2 Å². The van der Waals surface area contributed by atoms with Crippen LogP contribution in [-0.4, -0.2) is 23.6 Å². The van der Waals surface area contributed by atoms with Crippen molar-refractivity contribution in [2.24, 2.45) is 0 Å². The number of rotatable bonds is 5. The highest BCUT2D eigenvalue weighted by molar-refractivity contribution is 5.48. The first-order valence-electron chi connectivity index (χ1n) is 5.97. The van der Waals surface area contributed by atoms with E-state index in [1.54, 1.807) is 0 Å². The summed E-state index contributed by atoms with van der Waals surface area (Å²) in [5.41, 5.74) is 1.22. The van der Waals surface area contributed by atoms with E-state index in [4.69, 9.17) is 5.26 Å². The Labute approximate surface area is 112 Å². The molecule has 0 fully saturated rings. The fraction of sp³-hybridized carbons (Fsp3) is 0.214. The van der Waals surface area contributed by atoms with Crippen molar-refractivity contribution in [2.45, 2.75) is 6.54 Å². The molecule has 2 rings (SSSR count). The highest BCUT2D eigenvalue weighted by Crippen LogP contribution is 2.15. The average Bonchev–Trinajstić information content (AvgIpc) is 2.46. The standard InChI is InChI=1S/C14H15N5/c1-19(10-12-5-3-2-4-6-12)14-9-13(16-8-7-15)17-11-18-14/h2-6,9,11H,8,10H2,1H3,(H,16,17,18). The smallest absolute Gasteiger partial charge is 0.134 e. The molecule has 0 radical (unpaired) electrons. The Bertz CT molecular complexity index is 562. The van der Waals surface area contributed by atoms with E-state index in [-0.39, 0.29) is 6.54 Å². The van der Waals surface area contributed by atoms with E-state index in [0.717, 1.165) is 12.4 Å². The number of aromatic nitrogens is 2. The van der Waals surface area contributed by atoms with Crippen LogP contribution in [0.5, 0.6) is 0 Å². The molecule has 0 aliphatic carbocycles. The van der Waals surface area contributed by atoms with Gasteiger partial charge in [0, 0.05) is 19.7 Å². The number of nitriles is 1. The number of benzene rings is 1. The SMILES string of the molecule is CN(Cc1ccccc1)c1cc(NCC#N)ncn1. The molecule has 0 spiro atoms. The van der Waals surface area contributed by atoms with Gasteiger partial charge in [-0.25, -0.2) is 9.97 Å². The molecule has 1 heterocycles. The third-order valence-corrected chi connectivity index (χ3v) is 2.65. The summed E-state index contributed by atoms with van der Waals surface area (Å²) in [6, 6.07) is 14.0. The predicted octanol–water partition coefficient (Wildman–Crippen LogP) is 2.05. The minimum absolute atomic E-state index is 0.235. The topological polar surface area (TPSA) is 64.8 Å². The van der Waals surface area contributed by atoms with Gasteiger partial charge >= 0.3 is 0 Å². The number of anilines is 2. The van der Waals surface area contributed by atoms with E-state index in [2.05, 4.69) is 27.4 Å². The minimum Gasteiger partial charge on any atom is -0.357 e. The van der Waals surface area contributed by atoms with Crippen molar-refractivity contribution >= 4 is 11.6 Å². The summed E-state index contributed by atoms with van der Waals surface area (Å²) in [5.74, 6) is 1.48. The van der Waals surface area contributed by atoms with E-state index in [1.165, 1.54) is 11.9 Å². The first-order valence-corrected chi connectivity index (χ1v) is 5.97. The largest absolute Gasteiger partial charge is 0.357 e. The molecule has 0 unspecified atom stereocenters. The molecular formula is C14H15N5. The fourth-order valence-corrected chi connectivity index (χ4v) is 1.72. The maximum Gasteiger partial charge on any atom is 0.134 e. The van der Waals surface area contributed by atoms with Gasteiger partial charge in [-0.2, -0.15) is 5.26 Å². The number of hydrogen-bond donors (Lipinski definition) is 1. The second-order valence-electron chi connectivity index (χ2n) is 4.11. The van der Waals surface area contributed by atoms with Crippen molar-refractivity contribution in [2.75, 3.05) is 23.8 Å². The Hall–Kier alpha value is -2.61. The minimum atomic E-state index is 0.235. The van der Waals surface area contributed by atoms with Crippen molar-refractivity contribution in [3.05, 3.63) is 48.3 Å². The van der Waals surface area contributed by atoms with Crippen molar-refractivity contribution in [1.82, 2.24) is 9.97 Å². The van der Waals surface area contributed by atoms with Crippen molar-refractivity contribution < 1.29 is 0 Å². The van der Waals surface area contributed by atoms with Crippen LogP contribution in [0.4, 0.5) is 11.6 Å². The zero-order valence-electron chi connectivity index (χ0n) is 10.7. The molecule has 5 nitrogen and oxygen atoms in total. The van der Waals surface area contributed by atoms with Gasteiger partial charge in [-0.15, -0.1) is 0 Å². The molecule has 5 heteroatoms. The quantitative estimate of drug-likeness (QED) is 0.826. The third-order valence-electron chi connectivity index (χ3n) is 2.65. The maximum atomic E-state index is 8.53. The molecule has 1 aromatic carbocycles. The Morgan fingerprint density at radius 2 is 2.05 bits per heavy atom. The van der Waals surface area contributed by atoms with Gasteiger partial charge in [0.1, 0.15) is 24.5 Å². The van der Waals surface area contributed by atoms with E-state index >= 15 is 0 Å². The summed E-state index contributed by atoms with van der Waals surface area (Å²) in [6.07, 6.45) is 1.50. The molecule has 19 heavy (non-hydrogen) atoms. The van der Waals surface area contributed by atoms with Gasteiger partial charge < -0.3 is 10.2 Å². The van der Waals surface area contributed by atoms with E-state index < -0.39 is 0 Å². The van der Waals surface area contributed by atoms with Crippen LogP contribution in [0, 0.1) is 11.3 Å². The van der Waals surface area contributed by atoms with Crippen molar-refractivity contribution in [3.63, 3.8) is 0 Å². The third kappa shape index (κ3) is 3.68. The van der Waals surface area contributed by atoms with Crippen LogP contribution in [0.3, 0.4) is 0 Å². The average molecular weight is 253 g/mol. The highest BCUT2D eigenvalue weighted by Gasteiger charge is 2.05. The normalized spacial score (nSPS) is 9.68. The van der Waals surface area contributed by atoms with Crippen LogP contribution in [-0.2, 0) is 6.54 Å². The van der Waals surface area contributed by atoms with Crippen molar-refractivity contribution in [1.29, 1.82) is 5.26 Å². The van der Waals surface area contributed by atoms with E-state index in [0.29, 0.717) is 5.82 Å². The van der Waals surface area contributed by atoms with Gasteiger partial charge in [-0.3, -0.25) is 0 Å². The van der Waals surface area contributed by atoms with Gasteiger partial charge in [0.2, 0.25) is 0 Å². The molecule has 1 N–H and O–H groups in total. The first-order chi connectivity index (χ1) is 9.29. The lowest BCUT2D eigenvalue weighted by Gasteiger charge is -2.18. The summed E-state index contributed by atoms with van der Waals surface area (Å²) < 4.78 is 0. The van der Waals surface area contributed by atoms with Crippen LogP contribution in [0.25, 0.3) is 0 Å². The zero-order chi connectivity index (χ0) is 13.5. The summed E-state index contributed by atoms with van der Waals surface area (Å²) in [5, 5.41) is 11.4. The lowest BCUT2D eigenvalue weighted by molar-refractivity contribution is 0.891.